The summed E-state index contributed by atoms with van der Waals surface area (Å²) in [7, 11) is 0. The molecule has 0 spiro atoms. The van der Waals surface area contributed by atoms with Crippen LogP contribution in [0.25, 0.3) is 0 Å². The second kappa shape index (κ2) is 8.23. The van der Waals surface area contributed by atoms with Gasteiger partial charge in [-0.2, -0.15) is 0 Å². The summed E-state index contributed by atoms with van der Waals surface area (Å²) in [6.07, 6.45) is 1.40. The fourth-order valence-corrected chi connectivity index (χ4v) is 3.39. The number of non-ortho nitro benzene ring substituents is 1. The van der Waals surface area contributed by atoms with Crippen LogP contribution in [0.15, 0.2) is 46.0 Å². The number of anilines is 1. The van der Waals surface area contributed by atoms with Gasteiger partial charge in [0.15, 0.2) is 5.17 Å². The van der Waals surface area contributed by atoms with Crippen molar-refractivity contribution in [3.8, 4) is 0 Å². The van der Waals surface area contributed by atoms with Crippen LogP contribution in [-0.2, 0) is 16.1 Å². The zero-order valence-corrected chi connectivity index (χ0v) is 15.2. The molecular formula is C16H13ClN4O5S. The smallest absolute Gasteiger partial charge is 0.271 e. The van der Waals surface area contributed by atoms with Crippen molar-refractivity contribution in [3.63, 3.8) is 0 Å². The average molecular weight is 409 g/mol. The number of hydrogen-bond acceptors (Lipinski definition) is 7. The van der Waals surface area contributed by atoms with Crippen molar-refractivity contribution >= 4 is 51.7 Å². The highest BCUT2D eigenvalue weighted by Gasteiger charge is 2.32. The van der Waals surface area contributed by atoms with Crippen LogP contribution in [0.1, 0.15) is 12.2 Å². The van der Waals surface area contributed by atoms with Gasteiger partial charge in [-0.25, -0.2) is 0 Å². The molecule has 1 fully saturated rings. The molecule has 0 aliphatic carbocycles. The van der Waals surface area contributed by atoms with Crippen LogP contribution in [0, 0.1) is 10.1 Å². The molecule has 27 heavy (non-hydrogen) atoms. The molecule has 140 valence electrons. The number of carbonyl (C=O) groups excluding carboxylic acids is 2. The first-order chi connectivity index (χ1) is 12.9. The van der Waals surface area contributed by atoms with Gasteiger partial charge in [-0.05, 0) is 18.2 Å². The third-order valence-corrected chi connectivity index (χ3v) is 4.99. The summed E-state index contributed by atoms with van der Waals surface area (Å²) >= 11 is 7.09. The summed E-state index contributed by atoms with van der Waals surface area (Å²) in [6, 6.07) is 7.23. The van der Waals surface area contributed by atoms with E-state index in [1.54, 1.807) is 12.1 Å². The average Bonchev–Trinajstić information content (AvgIpc) is 3.25. The lowest BCUT2D eigenvalue weighted by Gasteiger charge is -2.08. The minimum absolute atomic E-state index is 0.117. The van der Waals surface area contributed by atoms with Crippen LogP contribution in [-0.4, -0.2) is 27.2 Å². The molecule has 11 heteroatoms. The van der Waals surface area contributed by atoms with Gasteiger partial charge in [0.25, 0.3) is 5.69 Å². The molecule has 0 radical (unpaired) electrons. The summed E-state index contributed by atoms with van der Waals surface area (Å²) in [5.41, 5.74) is -0.0824. The third-order valence-electron chi connectivity index (χ3n) is 3.54. The number of amidine groups is 1. The topological polar surface area (TPSA) is 127 Å². The summed E-state index contributed by atoms with van der Waals surface area (Å²) in [5.74, 6) is -0.172. The fourth-order valence-electron chi connectivity index (χ4n) is 2.26. The van der Waals surface area contributed by atoms with E-state index in [2.05, 4.69) is 15.6 Å². The summed E-state index contributed by atoms with van der Waals surface area (Å²) in [6.45, 7) is 0.276. The Morgan fingerprint density at radius 1 is 1.44 bits per heavy atom. The van der Waals surface area contributed by atoms with E-state index in [-0.39, 0.29) is 35.3 Å². The molecule has 0 bridgehead atoms. The first-order valence-electron chi connectivity index (χ1n) is 7.70. The zero-order chi connectivity index (χ0) is 19.4. The van der Waals surface area contributed by atoms with Gasteiger partial charge in [0, 0.05) is 18.6 Å². The Bertz CT molecular complexity index is 916. The van der Waals surface area contributed by atoms with Crippen molar-refractivity contribution in [1.82, 2.24) is 5.32 Å². The number of benzene rings is 1. The molecular weight excluding hydrogens is 396 g/mol. The Morgan fingerprint density at radius 2 is 2.26 bits per heavy atom. The Morgan fingerprint density at radius 3 is 2.96 bits per heavy atom. The lowest BCUT2D eigenvalue weighted by Crippen LogP contribution is -2.28. The maximum atomic E-state index is 12.2. The molecule has 2 N–H and O–H groups in total. The van der Waals surface area contributed by atoms with Crippen LogP contribution in [0.4, 0.5) is 11.4 Å². The minimum atomic E-state index is -0.655. The predicted molar refractivity (Wildman–Crippen MR) is 101 cm³/mol. The van der Waals surface area contributed by atoms with Crippen molar-refractivity contribution in [2.24, 2.45) is 4.99 Å². The molecule has 9 nitrogen and oxygen atoms in total. The van der Waals surface area contributed by atoms with Gasteiger partial charge in [-0.3, -0.25) is 24.7 Å². The Labute approximate surface area is 162 Å². The van der Waals surface area contributed by atoms with E-state index in [9.17, 15) is 19.7 Å². The van der Waals surface area contributed by atoms with Crippen molar-refractivity contribution in [3.05, 3.63) is 57.5 Å². The van der Waals surface area contributed by atoms with Crippen molar-refractivity contribution in [2.45, 2.75) is 18.2 Å². The molecule has 1 unspecified atom stereocenters. The maximum Gasteiger partial charge on any atom is 0.271 e. The molecule has 1 saturated heterocycles. The van der Waals surface area contributed by atoms with Gasteiger partial charge >= 0.3 is 0 Å². The molecule has 2 aromatic rings. The number of halogens is 1. The van der Waals surface area contributed by atoms with Gasteiger partial charge in [-0.15, -0.1) is 0 Å². The van der Waals surface area contributed by atoms with Gasteiger partial charge < -0.3 is 15.1 Å². The summed E-state index contributed by atoms with van der Waals surface area (Å²) in [4.78, 5) is 38.7. The maximum absolute atomic E-state index is 12.2. The number of nitrogens with zero attached hydrogens (tertiary/aromatic N) is 2. The molecule has 0 saturated carbocycles. The third kappa shape index (κ3) is 4.86. The highest BCUT2D eigenvalue weighted by molar-refractivity contribution is 8.15. The lowest BCUT2D eigenvalue weighted by atomic mass is 10.2. The first-order valence-corrected chi connectivity index (χ1v) is 8.96. The van der Waals surface area contributed by atoms with E-state index in [4.69, 9.17) is 16.0 Å². The second-order valence-corrected chi connectivity index (χ2v) is 7.07. The highest BCUT2D eigenvalue weighted by atomic mass is 35.5. The van der Waals surface area contributed by atoms with Gasteiger partial charge in [-0.1, -0.05) is 23.4 Å². The molecule has 1 aliphatic rings. The number of amides is 2. The molecule has 2 heterocycles. The normalized spacial score (nSPS) is 17.7. The van der Waals surface area contributed by atoms with Crippen LogP contribution < -0.4 is 10.6 Å². The van der Waals surface area contributed by atoms with Gasteiger partial charge in [0.05, 0.1) is 28.4 Å². The quantitative estimate of drug-likeness (QED) is 0.558. The molecule has 1 aromatic carbocycles. The monoisotopic (exact) mass is 408 g/mol. The predicted octanol–water partition coefficient (Wildman–Crippen LogP) is 2.96. The number of nitro benzene ring substituents is 1. The van der Waals surface area contributed by atoms with Gasteiger partial charge in [0.1, 0.15) is 11.0 Å². The Hall–Kier alpha value is -2.85. The molecule has 1 aliphatic heterocycles. The zero-order valence-electron chi connectivity index (χ0n) is 13.7. The van der Waals surface area contributed by atoms with Gasteiger partial charge in [0.2, 0.25) is 11.8 Å². The first kappa shape index (κ1) is 18.9. The number of carbonyl (C=O) groups is 2. The second-order valence-electron chi connectivity index (χ2n) is 5.47. The molecule has 1 atom stereocenters. The largest absolute Gasteiger partial charge is 0.467 e. The van der Waals surface area contributed by atoms with Crippen molar-refractivity contribution in [2.75, 3.05) is 5.32 Å². The van der Waals surface area contributed by atoms with Crippen LogP contribution in [0.3, 0.4) is 0 Å². The standard InChI is InChI=1S/C16H13ClN4O5S/c17-11-4-3-9(21(24)25)6-12(11)19-14(22)7-13-15(23)20-16(27-13)18-8-10-2-1-5-26-10/h1-6,13H,7-8H2,(H,19,22)(H,18,20,23). The number of nitrogens with one attached hydrogen (secondary N) is 2. The van der Waals surface area contributed by atoms with Crippen molar-refractivity contribution in [1.29, 1.82) is 0 Å². The van der Waals surface area contributed by atoms with E-state index in [0.717, 1.165) is 11.8 Å². The van der Waals surface area contributed by atoms with E-state index in [1.165, 1.54) is 24.5 Å². The minimum Gasteiger partial charge on any atom is -0.467 e. The Balaban J connectivity index is 1.59. The lowest BCUT2D eigenvalue weighted by molar-refractivity contribution is -0.384. The van der Waals surface area contributed by atoms with E-state index >= 15 is 0 Å². The van der Waals surface area contributed by atoms with Crippen LogP contribution >= 0.6 is 23.4 Å². The summed E-state index contributed by atoms with van der Waals surface area (Å²) < 4.78 is 5.16. The summed E-state index contributed by atoms with van der Waals surface area (Å²) in [5, 5.41) is 15.9. The molecule has 1 aromatic heterocycles. The number of furan rings is 1. The fraction of sp³-hybridized carbons (Fsp3) is 0.188. The van der Waals surface area contributed by atoms with Crippen LogP contribution in [0.2, 0.25) is 5.02 Å². The highest BCUT2D eigenvalue weighted by Crippen LogP contribution is 2.28. The van der Waals surface area contributed by atoms with Crippen LogP contribution in [0.5, 0.6) is 0 Å². The molecule has 2 amide bonds. The molecule has 3 rings (SSSR count). The van der Waals surface area contributed by atoms with Crippen molar-refractivity contribution < 1.29 is 18.9 Å². The van der Waals surface area contributed by atoms with E-state index in [1.807, 2.05) is 0 Å². The number of hydrogen-bond donors (Lipinski definition) is 2. The Kier molecular flexibility index (Phi) is 5.77. The number of aliphatic imine (C=N–C) groups is 1. The SMILES string of the molecule is O=C(CC1SC(=NCc2ccco2)NC1=O)Nc1cc([N+](=O)[O-])ccc1Cl. The van der Waals surface area contributed by atoms with E-state index < -0.39 is 16.1 Å². The number of thioether (sulfide) groups is 1. The van der Waals surface area contributed by atoms with E-state index in [0.29, 0.717) is 10.9 Å². The number of rotatable bonds is 6. The number of nitro groups is 1.